The van der Waals surface area contributed by atoms with E-state index in [1.54, 1.807) is 22.7 Å². The molecule has 0 aliphatic rings. The van der Waals surface area contributed by atoms with Crippen LogP contribution in [0.25, 0.3) is 10.2 Å². The molecule has 2 nitrogen and oxygen atoms in total. The second-order valence-electron chi connectivity index (χ2n) is 3.81. The van der Waals surface area contributed by atoms with E-state index in [0.717, 1.165) is 5.52 Å². The molecule has 1 N–H and O–H groups in total. The number of fused-ring (bicyclic) bond motifs is 1. The van der Waals surface area contributed by atoms with E-state index in [1.165, 1.54) is 15.1 Å². The van der Waals surface area contributed by atoms with Gasteiger partial charge in [0.05, 0.1) is 16.3 Å². The summed E-state index contributed by atoms with van der Waals surface area (Å²) in [5.74, 6) is 0. The molecular weight excluding hydrogens is 248 g/mol. The van der Waals surface area contributed by atoms with Gasteiger partial charge in [0.25, 0.3) is 0 Å². The van der Waals surface area contributed by atoms with Crippen molar-refractivity contribution in [1.29, 1.82) is 0 Å². The lowest BCUT2D eigenvalue weighted by Crippen LogP contribution is -2.16. The highest BCUT2D eigenvalue weighted by atomic mass is 32.1. The molecule has 0 aromatic carbocycles. The van der Waals surface area contributed by atoms with Crippen LogP contribution in [0.3, 0.4) is 0 Å². The third kappa shape index (κ3) is 1.99. The summed E-state index contributed by atoms with van der Waals surface area (Å²) in [6.45, 7) is 0. The highest BCUT2D eigenvalue weighted by Gasteiger charge is 2.13. The zero-order valence-corrected chi connectivity index (χ0v) is 11.0. The molecule has 1 atom stereocenters. The van der Waals surface area contributed by atoms with Crippen LogP contribution in [0.1, 0.15) is 16.5 Å². The molecule has 0 fully saturated rings. The van der Waals surface area contributed by atoms with Gasteiger partial charge in [-0.15, -0.1) is 22.7 Å². The first kappa shape index (κ1) is 10.9. The van der Waals surface area contributed by atoms with E-state index in [9.17, 15) is 0 Å². The maximum Gasteiger partial charge on any atom is 0.0809 e. The highest BCUT2D eigenvalue weighted by molar-refractivity contribution is 7.17. The van der Waals surface area contributed by atoms with E-state index >= 15 is 0 Å². The van der Waals surface area contributed by atoms with Crippen molar-refractivity contribution in [1.82, 2.24) is 10.3 Å². The average molecular weight is 260 g/mol. The van der Waals surface area contributed by atoms with Crippen molar-refractivity contribution in [2.24, 2.45) is 0 Å². The molecule has 0 spiro atoms. The smallest absolute Gasteiger partial charge is 0.0809 e. The van der Waals surface area contributed by atoms with Gasteiger partial charge in [-0.05, 0) is 41.6 Å². The Morgan fingerprint density at radius 1 is 1.24 bits per heavy atom. The minimum Gasteiger partial charge on any atom is -0.309 e. The molecule has 3 rings (SSSR count). The van der Waals surface area contributed by atoms with E-state index < -0.39 is 0 Å². The number of hydrogen-bond donors (Lipinski definition) is 1. The number of aromatic nitrogens is 1. The molecular formula is C13H12N2S2. The molecule has 0 saturated heterocycles. The summed E-state index contributed by atoms with van der Waals surface area (Å²) in [7, 11) is 1.99. The Morgan fingerprint density at radius 3 is 2.94 bits per heavy atom. The van der Waals surface area contributed by atoms with Crippen LogP contribution in [0.5, 0.6) is 0 Å². The largest absolute Gasteiger partial charge is 0.309 e. The summed E-state index contributed by atoms with van der Waals surface area (Å²) in [6.07, 6.45) is 1.97. The number of rotatable bonds is 3. The summed E-state index contributed by atoms with van der Waals surface area (Å²) in [4.78, 5) is 5.82. The number of nitrogens with one attached hydrogen (secondary N) is 1. The molecule has 17 heavy (non-hydrogen) atoms. The topological polar surface area (TPSA) is 24.9 Å². The molecule has 0 aliphatic heterocycles. The predicted molar refractivity (Wildman–Crippen MR) is 74.8 cm³/mol. The van der Waals surface area contributed by atoms with Crippen LogP contribution in [0, 0.1) is 0 Å². The fourth-order valence-electron chi connectivity index (χ4n) is 1.95. The summed E-state index contributed by atoms with van der Waals surface area (Å²) >= 11 is 3.51. The molecule has 0 aliphatic carbocycles. The average Bonchev–Trinajstić information content (AvgIpc) is 2.99. The number of nitrogens with zero attached hydrogens (tertiary/aromatic N) is 1. The van der Waals surface area contributed by atoms with Gasteiger partial charge in [-0.2, -0.15) is 0 Å². The zero-order chi connectivity index (χ0) is 11.7. The quantitative estimate of drug-likeness (QED) is 0.777. The molecule has 3 heterocycles. The minimum absolute atomic E-state index is 0.244. The normalized spacial score (nSPS) is 13.0. The Labute approximate surface area is 108 Å². The fourth-order valence-corrected chi connectivity index (χ4v) is 3.60. The monoisotopic (exact) mass is 260 g/mol. The van der Waals surface area contributed by atoms with Crippen molar-refractivity contribution < 1.29 is 0 Å². The van der Waals surface area contributed by atoms with Gasteiger partial charge in [-0.1, -0.05) is 6.07 Å². The van der Waals surface area contributed by atoms with Crippen molar-refractivity contribution in [3.63, 3.8) is 0 Å². The van der Waals surface area contributed by atoms with Gasteiger partial charge in [-0.25, -0.2) is 0 Å². The molecule has 0 radical (unpaired) electrons. The van der Waals surface area contributed by atoms with Gasteiger partial charge in [0.15, 0.2) is 0 Å². The zero-order valence-electron chi connectivity index (χ0n) is 9.38. The van der Waals surface area contributed by atoms with Gasteiger partial charge in [0.2, 0.25) is 0 Å². The predicted octanol–water partition coefficient (Wildman–Crippen LogP) is 3.67. The van der Waals surface area contributed by atoms with Gasteiger partial charge in [0, 0.05) is 11.1 Å². The van der Waals surface area contributed by atoms with Crippen molar-refractivity contribution in [3.8, 4) is 0 Å². The third-order valence-electron chi connectivity index (χ3n) is 2.77. The van der Waals surface area contributed by atoms with E-state index in [1.807, 2.05) is 13.2 Å². The van der Waals surface area contributed by atoms with Crippen molar-refractivity contribution in [2.75, 3.05) is 7.05 Å². The lowest BCUT2D eigenvalue weighted by Gasteiger charge is -2.14. The maximum absolute atomic E-state index is 4.49. The van der Waals surface area contributed by atoms with Crippen molar-refractivity contribution in [3.05, 3.63) is 51.7 Å². The Bertz CT molecular complexity index is 613. The summed E-state index contributed by atoms with van der Waals surface area (Å²) in [5.41, 5.74) is 2.31. The molecule has 0 bridgehead atoms. The highest BCUT2D eigenvalue weighted by Crippen LogP contribution is 2.28. The Morgan fingerprint density at radius 2 is 2.18 bits per heavy atom. The lowest BCUT2D eigenvalue weighted by molar-refractivity contribution is 0.702. The molecule has 3 aromatic heterocycles. The second kappa shape index (κ2) is 4.56. The molecule has 0 amide bonds. The summed E-state index contributed by atoms with van der Waals surface area (Å²) in [5, 5.41) is 7.54. The van der Waals surface area contributed by atoms with Crippen LogP contribution in [-0.2, 0) is 0 Å². The summed E-state index contributed by atoms with van der Waals surface area (Å²) in [6, 6.07) is 8.78. The molecule has 1 unspecified atom stereocenters. The maximum atomic E-state index is 4.49. The van der Waals surface area contributed by atoms with E-state index in [4.69, 9.17) is 0 Å². The van der Waals surface area contributed by atoms with Gasteiger partial charge >= 0.3 is 0 Å². The van der Waals surface area contributed by atoms with Gasteiger partial charge in [-0.3, -0.25) is 4.98 Å². The summed E-state index contributed by atoms with van der Waals surface area (Å²) < 4.78 is 1.25. The van der Waals surface area contributed by atoms with Crippen LogP contribution >= 0.6 is 22.7 Å². The van der Waals surface area contributed by atoms with E-state index in [-0.39, 0.29) is 6.04 Å². The van der Waals surface area contributed by atoms with E-state index in [0.29, 0.717) is 0 Å². The van der Waals surface area contributed by atoms with Crippen LogP contribution in [0.4, 0.5) is 0 Å². The molecule has 86 valence electrons. The number of thiophene rings is 2. The number of hydrogen-bond acceptors (Lipinski definition) is 4. The lowest BCUT2D eigenvalue weighted by atomic mass is 10.1. The molecule has 0 saturated carbocycles. The second-order valence-corrected chi connectivity index (χ2v) is 5.74. The van der Waals surface area contributed by atoms with E-state index in [2.05, 4.69) is 45.3 Å². The first-order valence-corrected chi connectivity index (χ1v) is 7.18. The third-order valence-corrected chi connectivity index (χ3v) is 4.56. The van der Waals surface area contributed by atoms with Crippen LogP contribution in [0.15, 0.2) is 41.2 Å². The number of pyridine rings is 1. The van der Waals surface area contributed by atoms with Crippen LogP contribution in [-0.4, -0.2) is 12.0 Å². The SMILES string of the molecule is CNC(c1cnc2ccsc2c1)c1cccs1. The Hall–Kier alpha value is -1.23. The first-order valence-electron chi connectivity index (χ1n) is 5.42. The molecule has 3 aromatic rings. The minimum atomic E-state index is 0.244. The fraction of sp³-hybridized carbons (Fsp3) is 0.154. The van der Waals surface area contributed by atoms with Crippen molar-refractivity contribution in [2.45, 2.75) is 6.04 Å². The van der Waals surface area contributed by atoms with Gasteiger partial charge in [0.1, 0.15) is 0 Å². The van der Waals surface area contributed by atoms with Crippen molar-refractivity contribution >= 4 is 32.9 Å². The van der Waals surface area contributed by atoms with Crippen LogP contribution in [0.2, 0.25) is 0 Å². The first-order chi connectivity index (χ1) is 8.38. The Kier molecular flexibility index (Phi) is 2.93. The standard InChI is InChI=1S/C13H12N2S2/c1-14-13(11-3-2-5-16-11)9-7-12-10(15-8-9)4-6-17-12/h2-8,13-14H,1H3. The molecule has 4 heteroatoms. The van der Waals surface area contributed by atoms with Gasteiger partial charge < -0.3 is 5.32 Å². The Balaban J connectivity index is 2.06. The van der Waals surface area contributed by atoms with Crippen LogP contribution < -0.4 is 5.32 Å².